The molecule has 18 heavy (non-hydrogen) atoms. The van der Waals surface area contributed by atoms with Gasteiger partial charge in [-0.1, -0.05) is 0 Å². The highest BCUT2D eigenvalue weighted by Gasteiger charge is 2.20. The third-order valence-corrected chi connectivity index (χ3v) is 3.21. The van der Waals surface area contributed by atoms with E-state index in [2.05, 4.69) is 10.6 Å². The van der Waals surface area contributed by atoms with E-state index in [-0.39, 0.29) is 12.5 Å². The van der Waals surface area contributed by atoms with Gasteiger partial charge in [-0.15, -0.1) is 0 Å². The molecule has 0 aliphatic carbocycles. The summed E-state index contributed by atoms with van der Waals surface area (Å²) in [4.78, 5) is 13.5. The van der Waals surface area contributed by atoms with Crippen LogP contribution in [0.4, 0.5) is 11.4 Å². The van der Waals surface area contributed by atoms with Crippen molar-refractivity contribution in [3.8, 4) is 0 Å². The first-order valence-corrected chi connectivity index (χ1v) is 6.28. The number of anilines is 2. The molecule has 1 amide bonds. The van der Waals surface area contributed by atoms with Gasteiger partial charge in [-0.2, -0.15) is 0 Å². The summed E-state index contributed by atoms with van der Waals surface area (Å²) in [5.41, 5.74) is 2.03. The molecule has 0 aromatic heterocycles. The summed E-state index contributed by atoms with van der Waals surface area (Å²) in [6, 6.07) is 8.60. The average Bonchev–Trinajstić information content (AvgIpc) is 3.22. The van der Waals surface area contributed by atoms with Crippen molar-refractivity contribution in [3.05, 3.63) is 24.3 Å². The van der Waals surface area contributed by atoms with Crippen LogP contribution in [0.25, 0.3) is 0 Å². The number of ether oxygens (including phenoxy) is 1. The van der Waals surface area contributed by atoms with E-state index in [4.69, 9.17) is 4.74 Å². The predicted octanol–water partition coefficient (Wildman–Crippen LogP) is 0.433. The molecular formula is C13H17N3O2. The van der Waals surface area contributed by atoms with E-state index in [9.17, 15) is 4.79 Å². The van der Waals surface area contributed by atoms with Gasteiger partial charge < -0.3 is 20.3 Å². The van der Waals surface area contributed by atoms with Gasteiger partial charge in [0.15, 0.2) is 0 Å². The Hall–Kier alpha value is -1.59. The molecule has 2 aliphatic rings. The Morgan fingerprint density at radius 2 is 2.17 bits per heavy atom. The molecule has 2 N–H and O–H groups in total. The monoisotopic (exact) mass is 247 g/mol. The number of carbonyl (C=O) groups is 1. The molecule has 3 rings (SSSR count). The van der Waals surface area contributed by atoms with Crippen LogP contribution in [0.3, 0.4) is 0 Å². The summed E-state index contributed by atoms with van der Waals surface area (Å²) >= 11 is 0. The lowest BCUT2D eigenvalue weighted by Gasteiger charge is -2.26. The van der Waals surface area contributed by atoms with Crippen LogP contribution >= 0.6 is 0 Å². The van der Waals surface area contributed by atoms with Crippen LogP contribution < -0.4 is 15.5 Å². The summed E-state index contributed by atoms with van der Waals surface area (Å²) in [6.07, 6.45) is 0. The van der Waals surface area contributed by atoms with E-state index in [1.54, 1.807) is 4.90 Å². The van der Waals surface area contributed by atoms with Gasteiger partial charge >= 0.3 is 0 Å². The number of benzene rings is 1. The van der Waals surface area contributed by atoms with Crippen molar-refractivity contribution in [1.82, 2.24) is 5.32 Å². The quantitative estimate of drug-likeness (QED) is 0.758. The predicted molar refractivity (Wildman–Crippen MR) is 69.9 cm³/mol. The Labute approximate surface area is 106 Å². The number of hydrogen-bond donors (Lipinski definition) is 2. The first kappa shape index (κ1) is 11.5. The summed E-state index contributed by atoms with van der Waals surface area (Å²) in [7, 11) is 0. The second-order valence-corrected chi connectivity index (χ2v) is 4.63. The number of carbonyl (C=O) groups excluding carboxylic acids is 1. The molecular weight excluding hydrogens is 230 g/mol. The number of nitrogens with zero attached hydrogens (tertiary/aromatic N) is 1. The Morgan fingerprint density at radius 3 is 2.83 bits per heavy atom. The molecule has 1 aromatic rings. The number of hydrogen-bond acceptors (Lipinski definition) is 4. The highest BCUT2D eigenvalue weighted by atomic mass is 16.5. The van der Waals surface area contributed by atoms with Gasteiger partial charge in [-0.05, 0) is 24.3 Å². The molecule has 0 bridgehead atoms. The van der Waals surface area contributed by atoms with E-state index >= 15 is 0 Å². The lowest BCUT2D eigenvalue weighted by molar-refractivity contribution is -0.125. The molecule has 2 heterocycles. The molecule has 1 atom stereocenters. The average molecular weight is 247 g/mol. The van der Waals surface area contributed by atoms with E-state index < -0.39 is 0 Å². The van der Waals surface area contributed by atoms with Crippen molar-refractivity contribution in [3.63, 3.8) is 0 Å². The van der Waals surface area contributed by atoms with Crippen molar-refractivity contribution in [1.29, 1.82) is 0 Å². The summed E-state index contributed by atoms with van der Waals surface area (Å²) in [6.45, 7) is 3.49. The third-order valence-electron chi connectivity index (χ3n) is 3.21. The molecule has 2 aliphatic heterocycles. The van der Waals surface area contributed by atoms with Crippen molar-refractivity contribution >= 4 is 17.3 Å². The lowest BCUT2D eigenvalue weighted by atomic mass is 10.2. The van der Waals surface area contributed by atoms with Gasteiger partial charge in [-0.25, -0.2) is 0 Å². The lowest BCUT2D eigenvalue weighted by Crippen LogP contribution is -2.41. The minimum absolute atomic E-state index is 0.0316. The van der Waals surface area contributed by atoms with Crippen LogP contribution in [0, 0.1) is 0 Å². The fourth-order valence-corrected chi connectivity index (χ4v) is 2.02. The van der Waals surface area contributed by atoms with Gasteiger partial charge in [0.25, 0.3) is 5.91 Å². The zero-order valence-corrected chi connectivity index (χ0v) is 10.2. The zero-order chi connectivity index (χ0) is 12.4. The Kier molecular flexibility index (Phi) is 3.17. The molecule has 1 aromatic carbocycles. The second-order valence-electron chi connectivity index (χ2n) is 4.63. The van der Waals surface area contributed by atoms with Gasteiger partial charge in [0, 0.05) is 37.1 Å². The van der Waals surface area contributed by atoms with Crippen LogP contribution in [0.2, 0.25) is 0 Å². The van der Waals surface area contributed by atoms with Crippen LogP contribution in [-0.4, -0.2) is 44.8 Å². The maximum absolute atomic E-state index is 11.7. The highest BCUT2D eigenvalue weighted by molar-refractivity contribution is 5.94. The summed E-state index contributed by atoms with van der Waals surface area (Å²) in [5, 5.41) is 6.60. The van der Waals surface area contributed by atoms with Crippen molar-refractivity contribution < 1.29 is 9.53 Å². The molecule has 0 unspecified atom stereocenters. The van der Waals surface area contributed by atoms with Crippen LogP contribution in [-0.2, 0) is 9.53 Å². The van der Waals surface area contributed by atoms with Crippen LogP contribution in [0.1, 0.15) is 0 Å². The van der Waals surface area contributed by atoms with Crippen LogP contribution in [0.5, 0.6) is 0 Å². The third kappa shape index (κ3) is 2.63. The maximum Gasteiger partial charge on any atom is 0.253 e. The Bertz CT molecular complexity index is 428. The highest BCUT2D eigenvalue weighted by Crippen LogP contribution is 2.19. The first-order valence-electron chi connectivity index (χ1n) is 6.28. The van der Waals surface area contributed by atoms with Crippen molar-refractivity contribution in [2.45, 2.75) is 6.04 Å². The minimum Gasteiger partial charge on any atom is -0.383 e. The Balaban J connectivity index is 1.63. The summed E-state index contributed by atoms with van der Waals surface area (Å²) < 4.78 is 5.12. The smallest absolute Gasteiger partial charge is 0.253 e. The number of rotatable bonds is 4. The molecule has 0 saturated carbocycles. The van der Waals surface area contributed by atoms with Crippen molar-refractivity contribution in [2.24, 2.45) is 0 Å². The number of nitrogens with one attached hydrogen (secondary N) is 2. The zero-order valence-electron chi connectivity index (χ0n) is 10.2. The van der Waals surface area contributed by atoms with E-state index in [1.807, 2.05) is 24.3 Å². The van der Waals surface area contributed by atoms with Crippen LogP contribution in [0.15, 0.2) is 24.3 Å². The molecule has 5 nitrogen and oxygen atoms in total. The largest absolute Gasteiger partial charge is 0.383 e. The van der Waals surface area contributed by atoms with E-state index in [0.717, 1.165) is 24.5 Å². The SMILES string of the molecule is O=C1COCCN1c1ccc(NC[C@H]2CN2)cc1. The standard InChI is InChI=1S/C13H17N3O2/c17-13-9-18-6-5-16(13)12-3-1-10(2-4-12)14-7-11-8-15-11/h1-4,11,14-15H,5-9H2/t11-/m0/s1. The normalized spacial score (nSPS) is 23.0. The molecule has 5 heteroatoms. The van der Waals surface area contributed by atoms with E-state index in [1.165, 1.54) is 0 Å². The molecule has 2 fully saturated rings. The fraction of sp³-hybridized carbons (Fsp3) is 0.462. The topological polar surface area (TPSA) is 63.5 Å². The van der Waals surface area contributed by atoms with Gasteiger partial charge in [0.2, 0.25) is 0 Å². The van der Waals surface area contributed by atoms with Gasteiger partial charge in [0.05, 0.1) is 6.61 Å². The molecule has 96 valence electrons. The summed E-state index contributed by atoms with van der Waals surface area (Å²) in [5.74, 6) is 0.0316. The number of amides is 1. The first-order chi connectivity index (χ1) is 8.83. The minimum atomic E-state index is 0.0316. The number of morpholine rings is 1. The molecule has 0 radical (unpaired) electrons. The van der Waals surface area contributed by atoms with Gasteiger partial charge in [0.1, 0.15) is 6.61 Å². The fourth-order valence-electron chi connectivity index (χ4n) is 2.02. The molecule has 0 spiro atoms. The van der Waals surface area contributed by atoms with E-state index in [0.29, 0.717) is 19.2 Å². The second kappa shape index (κ2) is 4.96. The van der Waals surface area contributed by atoms with Crippen molar-refractivity contribution in [2.75, 3.05) is 43.1 Å². The van der Waals surface area contributed by atoms with Gasteiger partial charge in [-0.3, -0.25) is 4.79 Å². The maximum atomic E-state index is 11.7. The molecule has 2 saturated heterocycles. The Morgan fingerprint density at radius 1 is 1.39 bits per heavy atom.